The van der Waals surface area contributed by atoms with E-state index in [4.69, 9.17) is 4.74 Å². The maximum absolute atomic E-state index is 11.3. The van der Waals surface area contributed by atoms with E-state index in [0.717, 1.165) is 11.8 Å². The number of benzene rings is 1. The smallest absolute Gasteiger partial charge is 0.369 e. The fourth-order valence-electron chi connectivity index (χ4n) is 0.848. The molecule has 0 fully saturated rings. The predicted octanol–water partition coefficient (Wildman–Crippen LogP) is 2.30. The van der Waals surface area contributed by atoms with Crippen LogP contribution in [0.3, 0.4) is 0 Å². The lowest BCUT2D eigenvalue weighted by Crippen LogP contribution is -2.10. The fraction of sp³-hybridized carbons (Fsp3) is 0.200. The van der Waals surface area contributed by atoms with Gasteiger partial charge >= 0.3 is 11.3 Å². The quantitative estimate of drug-likeness (QED) is 0.584. The first kappa shape index (κ1) is 11.6. The van der Waals surface area contributed by atoms with E-state index >= 15 is 0 Å². The summed E-state index contributed by atoms with van der Waals surface area (Å²) in [6, 6.07) is 8.50. The van der Waals surface area contributed by atoms with Gasteiger partial charge in [-0.05, 0) is 30.2 Å². The van der Waals surface area contributed by atoms with E-state index in [2.05, 4.69) is 4.74 Å². The molecule has 4 nitrogen and oxygen atoms in total. The highest BCUT2D eigenvalue weighted by atomic mass is 32.2. The topological polar surface area (TPSA) is 52.6 Å². The van der Waals surface area contributed by atoms with Gasteiger partial charge in [0, 0.05) is 0 Å². The summed E-state index contributed by atoms with van der Waals surface area (Å²) < 4.78 is 9.27. The molecule has 5 heteroatoms. The second-order valence-corrected chi connectivity index (χ2v) is 3.26. The minimum Gasteiger partial charge on any atom is -0.424 e. The third-order valence-corrected chi connectivity index (χ3v) is 1.99. The van der Waals surface area contributed by atoms with Gasteiger partial charge in [-0.15, -0.1) is 0 Å². The minimum absolute atomic E-state index is 0.354. The van der Waals surface area contributed by atoms with Crippen molar-refractivity contribution < 1.29 is 19.1 Å². The van der Waals surface area contributed by atoms with Gasteiger partial charge < -0.3 is 9.47 Å². The van der Waals surface area contributed by atoms with E-state index in [1.165, 1.54) is 0 Å². The molecule has 1 aromatic carbocycles. The minimum atomic E-state index is -0.510. The van der Waals surface area contributed by atoms with E-state index in [-0.39, 0.29) is 6.79 Å². The van der Waals surface area contributed by atoms with Crippen molar-refractivity contribution in [3.05, 3.63) is 35.9 Å². The molecule has 0 aliphatic heterocycles. The molecule has 0 aliphatic rings. The molecule has 0 saturated carbocycles. The van der Waals surface area contributed by atoms with Gasteiger partial charge in [0.15, 0.2) is 0 Å². The van der Waals surface area contributed by atoms with Gasteiger partial charge in [-0.2, -0.15) is 0 Å². The lowest BCUT2D eigenvalue weighted by atomic mass is 10.2. The maximum Gasteiger partial charge on any atom is 0.369 e. The average Bonchev–Trinajstić information content (AvgIpc) is 2.29. The van der Waals surface area contributed by atoms with Crippen molar-refractivity contribution in [3.8, 4) is 0 Å². The molecule has 0 heterocycles. The summed E-state index contributed by atoms with van der Waals surface area (Å²) in [5.41, 5.74) is 0.428. The van der Waals surface area contributed by atoms with E-state index < -0.39 is 11.3 Å². The summed E-state index contributed by atoms with van der Waals surface area (Å²) >= 11 is 0.920. The Balaban J connectivity index is 2.34. The second kappa shape index (κ2) is 6.08. The van der Waals surface area contributed by atoms with Gasteiger partial charge in [0.25, 0.3) is 0 Å². The van der Waals surface area contributed by atoms with Crippen molar-refractivity contribution >= 4 is 23.0 Å². The molecule has 1 aromatic rings. The van der Waals surface area contributed by atoms with E-state index in [1.807, 2.05) is 0 Å². The van der Waals surface area contributed by atoms with Gasteiger partial charge in [-0.3, -0.25) is 0 Å². The zero-order valence-electron chi connectivity index (χ0n) is 8.14. The molecule has 0 amide bonds. The molecule has 1 rings (SSSR count). The van der Waals surface area contributed by atoms with Crippen molar-refractivity contribution in [2.24, 2.45) is 0 Å². The molecule has 0 aromatic heterocycles. The molecule has 0 N–H and O–H groups in total. The number of hydrogen-bond acceptors (Lipinski definition) is 5. The normalized spacial score (nSPS) is 9.40. The molecule has 0 unspecified atom stereocenters. The molecule has 80 valence electrons. The molecule has 0 spiro atoms. The summed E-state index contributed by atoms with van der Waals surface area (Å²) in [5, 5.41) is -0.476. The summed E-state index contributed by atoms with van der Waals surface area (Å²) in [5.74, 6) is -0.510. The molecule has 15 heavy (non-hydrogen) atoms. The zero-order valence-corrected chi connectivity index (χ0v) is 8.95. The van der Waals surface area contributed by atoms with Gasteiger partial charge in [0.2, 0.25) is 6.79 Å². The van der Waals surface area contributed by atoms with Crippen LogP contribution in [0.2, 0.25) is 0 Å². The SMILES string of the molecule is CSC(=O)OCOC(=O)c1ccccc1. The van der Waals surface area contributed by atoms with Gasteiger partial charge in [-0.25, -0.2) is 9.59 Å². The number of hydrogen-bond donors (Lipinski definition) is 0. The lowest BCUT2D eigenvalue weighted by molar-refractivity contribution is 0.00410. The Kier molecular flexibility index (Phi) is 4.70. The van der Waals surface area contributed by atoms with Gasteiger partial charge in [-0.1, -0.05) is 18.2 Å². The van der Waals surface area contributed by atoms with Crippen molar-refractivity contribution in [2.75, 3.05) is 13.0 Å². The Labute approximate surface area is 91.6 Å². The van der Waals surface area contributed by atoms with Crippen LogP contribution in [0, 0.1) is 0 Å². The first-order chi connectivity index (χ1) is 7.24. The Morgan fingerprint density at radius 2 is 1.87 bits per heavy atom. The van der Waals surface area contributed by atoms with Crippen LogP contribution in [0.25, 0.3) is 0 Å². The summed E-state index contributed by atoms with van der Waals surface area (Å²) in [4.78, 5) is 22.0. The highest BCUT2D eigenvalue weighted by Gasteiger charge is 2.06. The monoisotopic (exact) mass is 226 g/mol. The average molecular weight is 226 g/mol. The van der Waals surface area contributed by atoms with Crippen molar-refractivity contribution in [1.82, 2.24) is 0 Å². The van der Waals surface area contributed by atoms with Crippen LogP contribution >= 0.6 is 11.8 Å². The second-order valence-electron chi connectivity index (χ2n) is 2.51. The van der Waals surface area contributed by atoms with E-state index in [1.54, 1.807) is 36.6 Å². The van der Waals surface area contributed by atoms with E-state index in [0.29, 0.717) is 5.56 Å². The highest BCUT2D eigenvalue weighted by molar-refractivity contribution is 8.12. The van der Waals surface area contributed by atoms with Crippen LogP contribution in [-0.4, -0.2) is 24.3 Å². The first-order valence-electron chi connectivity index (χ1n) is 4.17. The number of thioether (sulfide) groups is 1. The molecule has 0 aliphatic carbocycles. The third kappa shape index (κ3) is 4.03. The number of carbonyl (C=O) groups is 2. The van der Waals surface area contributed by atoms with Crippen LogP contribution < -0.4 is 0 Å². The Bertz CT molecular complexity index is 337. The van der Waals surface area contributed by atoms with Crippen LogP contribution in [0.15, 0.2) is 30.3 Å². The maximum atomic E-state index is 11.3. The predicted molar refractivity (Wildman–Crippen MR) is 56.7 cm³/mol. The number of ether oxygens (including phenoxy) is 2. The van der Waals surface area contributed by atoms with Crippen molar-refractivity contribution in [1.29, 1.82) is 0 Å². The molecular formula is C10H10O4S. The van der Waals surface area contributed by atoms with Gasteiger partial charge in [0.05, 0.1) is 5.56 Å². The largest absolute Gasteiger partial charge is 0.424 e. The molecule has 0 atom stereocenters. The number of esters is 1. The van der Waals surface area contributed by atoms with E-state index in [9.17, 15) is 9.59 Å². The lowest BCUT2D eigenvalue weighted by Gasteiger charge is -2.04. The van der Waals surface area contributed by atoms with Crippen LogP contribution in [0.5, 0.6) is 0 Å². The molecule has 0 radical (unpaired) electrons. The molecule has 0 saturated heterocycles. The Morgan fingerprint density at radius 1 is 1.20 bits per heavy atom. The Hall–Kier alpha value is -1.49. The fourth-order valence-corrected chi connectivity index (χ4v) is 1.01. The first-order valence-corrected chi connectivity index (χ1v) is 5.39. The van der Waals surface area contributed by atoms with Crippen LogP contribution in [0.4, 0.5) is 4.79 Å². The molecular weight excluding hydrogens is 216 g/mol. The van der Waals surface area contributed by atoms with Crippen LogP contribution in [0.1, 0.15) is 10.4 Å². The standard InChI is InChI=1S/C10H10O4S/c1-15-10(12)14-7-13-9(11)8-5-3-2-4-6-8/h2-6H,7H2,1H3. The van der Waals surface area contributed by atoms with Gasteiger partial charge in [0.1, 0.15) is 0 Å². The molecule has 0 bridgehead atoms. The van der Waals surface area contributed by atoms with Crippen LogP contribution in [-0.2, 0) is 9.47 Å². The number of rotatable bonds is 3. The summed E-state index contributed by atoms with van der Waals surface area (Å²) in [6.45, 7) is -0.354. The summed E-state index contributed by atoms with van der Waals surface area (Å²) in [7, 11) is 0. The number of carbonyl (C=O) groups excluding carboxylic acids is 2. The Morgan fingerprint density at radius 3 is 2.47 bits per heavy atom. The third-order valence-electron chi connectivity index (χ3n) is 1.54. The zero-order chi connectivity index (χ0) is 11.1. The highest BCUT2D eigenvalue weighted by Crippen LogP contribution is 2.02. The van der Waals surface area contributed by atoms with Crippen molar-refractivity contribution in [2.45, 2.75) is 0 Å². The van der Waals surface area contributed by atoms with Crippen molar-refractivity contribution in [3.63, 3.8) is 0 Å². The summed E-state index contributed by atoms with van der Waals surface area (Å²) in [6.07, 6.45) is 1.58.